The third kappa shape index (κ3) is 4.36. The van der Waals surface area contributed by atoms with E-state index >= 15 is 0 Å². The average molecular weight is 248 g/mol. The van der Waals surface area contributed by atoms with E-state index in [1.807, 2.05) is 0 Å². The molecule has 1 aromatic rings. The van der Waals surface area contributed by atoms with Gasteiger partial charge in [-0.05, 0) is 31.5 Å². The molecule has 0 radical (unpaired) electrons. The summed E-state index contributed by atoms with van der Waals surface area (Å²) in [5.74, 6) is 0. The fourth-order valence-corrected chi connectivity index (χ4v) is 1.30. The highest BCUT2D eigenvalue weighted by Gasteiger charge is 2.30. The van der Waals surface area contributed by atoms with Crippen LogP contribution in [0.1, 0.15) is 31.1 Å². The second-order valence-corrected chi connectivity index (χ2v) is 4.02. The topological polar surface area (TPSA) is 29.5 Å². The smallest absolute Gasteiger partial charge is 0.386 e. The third-order valence-corrected chi connectivity index (χ3v) is 2.19. The summed E-state index contributed by atoms with van der Waals surface area (Å²) >= 11 is 0. The second kappa shape index (κ2) is 5.51. The first-order chi connectivity index (χ1) is 7.80. The quantitative estimate of drug-likeness (QED) is 0.886. The molecule has 0 saturated heterocycles. The van der Waals surface area contributed by atoms with E-state index in [1.54, 1.807) is 13.8 Å². The minimum atomic E-state index is -4.39. The zero-order chi connectivity index (χ0) is 13.1. The summed E-state index contributed by atoms with van der Waals surface area (Å²) in [4.78, 5) is 0. The normalized spacial score (nSPS) is 14.1. The van der Waals surface area contributed by atoms with Crippen LogP contribution in [0.25, 0.3) is 0 Å². The Morgan fingerprint density at radius 2 is 1.94 bits per heavy atom. The predicted octanol–water partition coefficient (Wildman–Crippen LogP) is 3.16. The van der Waals surface area contributed by atoms with Crippen LogP contribution in [0, 0.1) is 0 Å². The summed E-state index contributed by atoms with van der Waals surface area (Å²) in [5.41, 5.74) is -0.556. The van der Waals surface area contributed by atoms with Gasteiger partial charge in [-0.1, -0.05) is 12.1 Å². The Morgan fingerprint density at radius 1 is 1.29 bits per heavy atom. The van der Waals surface area contributed by atoms with Gasteiger partial charge < -0.3 is 9.84 Å². The lowest BCUT2D eigenvalue weighted by molar-refractivity contribution is -0.137. The zero-order valence-corrected chi connectivity index (χ0v) is 9.66. The zero-order valence-electron chi connectivity index (χ0n) is 9.66. The Bertz CT molecular complexity index is 361. The van der Waals surface area contributed by atoms with Crippen molar-refractivity contribution in [3.8, 4) is 0 Å². The number of aliphatic hydroxyl groups excluding tert-OH is 1. The SMILES string of the molecule is CC(C)OCC(O)c1cccc(C(F)(F)F)c1. The number of ether oxygens (including phenoxy) is 1. The Kier molecular flexibility index (Phi) is 4.54. The molecule has 0 aliphatic carbocycles. The summed E-state index contributed by atoms with van der Waals surface area (Å²) < 4.78 is 42.4. The molecule has 0 amide bonds. The molecule has 0 aliphatic heterocycles. The highest BCUT2D eigenvalue weighted by atomic mass is 19.4. The predicted molar refractivity (Wildman–Crippen MR) is 57.5 cm³/mol. The van der Waals surface area contributed by atoms with E-state index in [0.717, 1.165) is 12.1 Å². The lowest BCUT2D eigenvalue weighted by Crippen LogP contribution is -2.13. The van der Waals surface area contributed by atoms with E-state index in [0.29, 0.717) is 0 Å². The minimum absolute atomic E-state index is 0.0149. The van der Waals surface area contributed by atoms with Crippen LogP contribution in [0.5, 0.6) is 0 Å². The van der Waals surface area contributed by atoms with Crippen molar-refractivity contribution in [3.05, 3.63) is 35.4 Å². The molecule has 0 bridgehead atoms. The van der Waals surface area contributed by atoms with Gasteiger partial charge >= 0.3 is 6.18 Å². The van der Waals surface area contributed by atoms with Crippen LogP contribution in [0.2, 0.25) is 0 Å². The van der Waals surface area contributed by atoms with E-state index in [9.17, 15) is 18.3 Å². The number of alkyl halides is 3. The Hall–Kier alpha value is -1.07. The maximum absolute atomic E-state index is 12.4. The van der Waals surface area contributed by atoms with E-state index in [4.69, 9.17) is 4.74 Å². The fourth-order valence-electron chi connectivity index (χ4n) is 1.30. The number of rotatable bonds is 4. The number of benzene rings is 1. The van der Waals surface area contributed by atoms with Gasteiger partial charge in [0, 0.05) is 0 Å². The Balaban J connectivity index is 2.77. The maximum atomic E-state index is 12.4. The van der Waals surface area contributed by atoms with Crippen molar-refractivity contribution in [1.82, 2.24) is 0 Å². The molecule has 0 fully saturated rings. The summed E-state index contributed by atoms with van der Waals surface area (Å²) in [5, 5.41) is 9.67. The highest BCUT2D eigenvalue weighted by molar-refractivity contribution is 5.27. The van der Waals surface area contributed by atoms with Crippen LogP contribution in [0.4, 0.5) is 13.2 Å². The number of hydrogen-bond donors (Lipinski definition) is 1. The molecule has 96 valence electrons. The van der Waals surface area contributed by atoms with Gasteiger partial charge in [-0.2, -0.15) is 13.2 Å². The largest absolute Gasteiger partial charge is 0.416 e. The van der Waals surface area contributed by atoms with Crippen LogP contribution in [-0.4, -0.2) is 17.8 Å². The van der Waals surface area contributed by atoms with Crippen molar-refractivity contribution in [2.45, 2.75) is 32.2 Å². The van der Waals surface area contributed by atoms with Crippen molar-refractivity contribution >= 4 is 0 Å². The standard InChI is InChI=1S/C12H15F3O2/c1-8(2)17-7-11(16)9-4-3-5-10(6-9)12(13,14)15/h3-6,8,11,16H,7H2,1-2H3. The molecule has 5 heteroatoms. The first kappa shape index (κ1) is 14.0. The van der Waals surface area contributed by atoms with Crippen molar-refractivity contribution in [2.75, 3.05) is 6.61 Å². The van der Waals surface area contributed by atoms with Gasteiger partial charge in [0.1, 0.15) is 6.10 Å². The van der Waals surface area contributed by atoms with Crippen molar-refractivity contribution in [2.24, 2.45) is 0 Å². The van der Waals surface area contributed by atoms with Gasteiger partial charge in [-0.15, -0.1) is 0 Å². The summed E-state index contributed by atoms with van der Waals surface area (Å²) in [6.45, 7) is 3.57. The lowest BCUT2D eigenvalue weighted by atomic mass is 10.1. The minimum Gasteiger partial charge on any atom is -0.386 e. The van der Waals surface area contributed by atoms with Crippen LogP contribution < -0.4 is 0 Å². The number of halogens is 3. The van der Waals surface area contributed by atoms with E-state index in [2.05, 4.69) is 0 Å². The molecule has 1 rings (SSSR count). The molecule has 2 nitrogen and oxygen atoms in total. The summed E-state index contributed by atoms with van der Waals surface area (Å²) in [6.07, 6.45) is -5.51. The van der Waals surface area contributed by atoms with Gasteiger partial charge in [0.05, 0.1) is 18.3 Å². The van der Waals surface area contributed by atoms with Gasteiger partial charge in [-0.3, -0.25) is 0 Å². The number of aliphatic hydroxyl groups is 1. The molecule has 0 aliphatic rings. The molecular weight excluding hydrogens is 233 g/mol. The molecule has 17 heavy (non-hydrogen) atoms. The first-order valence-electron chi connectivity index (χ1n) is 5.27. The molecule has 0 saturated carbocycles. The summed E-state index contributed by atoms with van der Waals surface area (Å²) in [7, 11) is 0. The van der Waals surface area contributed by atoms with Gasteiger partial charge in [-0.25, -0.2) is 0 Å². The van der Waals surface area contributed by atoms with Crippen LogP contribution in [-0.2, 0) is 10.9 Å². The highest BCUT2D eigenvalue weighted by Crippen LogP contribution is 2.30. The van der Waals surface area contributed by atoms with E-state index < -0.39 is 17.8 Å². The van der Waals surface area contributed by atoms with Crippen molar-refractivity contribution in [3.63, 3.8) is 0 Å². The molecule has 1 atom stereocenters. The van der Waals surface area contributed by atoms with E-state index in [-0.39, 0.29) is 18.3 Å². The van der Waals surface area contributed by atoms with Gasteiger partial charge in [0.2, 0.25) is 0 Å². The molecule has 0 aromatic heterocycles. The molecule has 1 aromatic carbocycles. The van der Waals surface area contributed by atoms with Gasteiger partial charge in [0.15, 0.2) is 0 Å². The molecule has 0 heterocycles. The van der Waals surface area contributed by atoms with Crippen LogP contribution >= 0.6 is 0 Å². The summed E-state index contributed by atoms with van der Waals surface area (Å²) in [6, 6.07) is 4.63. The van der Waals surface area contributed by atoms with Gasteiger partial charge in [0.25, 0.3) is 0 Å². The van der Waals surface area contributed by atoms with Crippen molar-refractivity contribution in [1.29, 1.82) is 0 Å². The third-order valence-electron chi connectivity index (χ3n) is 2.19. The van der Waals surface area contributed by atoms with Crippen molar-refractivity contribution < 1.29 is 23.0 Å². The Labute approximate surface area is 98.0 Å². The average Bonchev–Trinajstić information content (AvgIpc) is 2.25. The molecule has 1 unspecified atom stereocenters. The monoisotopic (exact) mass is 248 g/mol. The molecule has 1 N–H and O–H groups in total. The second-order valence-electron chi connectivity index (χ2n) is 4.02. The lowest BCUT2D eigenvalue weighted by Gasteiger charge is -2.15. The molecular formula is C12H15F3O2. The maximum Gasteiger partial charge on any atom is 0.416 e. The van der Waals surface area contributed by atoms with Crippen LogP contribution in [0.3, 0.4) is 0 Å². The molecule has 0 spiro atoms. The van der Waals surface area contributed by atoms with Crippen LogP contribution in [0.15, 0.2) is 24.3 Å². The fraction of sp³-hybridized carbons (Fsp3) is 0.500. The number of hydrogen-bond acceptors (Lipinski definition) is 2. The Morgan fingerprint density at radius 3 is 2.47 bits per heavy atom. The first-order valence-corrected chi connectivity index (χ1v) is 5.27. The van der Waals surface area contributed by atoms with E-state index in [1.165, 1.54) is 12.1 Å².